The van der Waals surface area contributed by atoms with Crippen LogP contribution in [0.1, 0.15) is 30.0 Å². The monoisotopic (exact) mass is 196 g/mol. The van der Waals surface area contributed by atoms with Crippen molar-refractivity contribution >= 4 is 11.6 Å². The van der Waals surface area contributed by atoms with Gasteiger partial charge in [-0.05, 0) is 27.7 Å². The number of aryl methyl sites for hydroxylation is 1. The average Bonchev–Trinajstić information content (AvgIpc) is 2.30. The second-order valence-corrected chi connectivity index (χ2v) is 4.02. The minimum Gasteiger partial charge on any atom is -0.396 e. The molecule has 5 nitrogen and oxygen atoms in total. The maximum absolute atomic E-state index is 11.8. The molecule has 1 aromatic rings. The van der Waals surface area contributed by atoms with Crippen molar-refractivity contribution in [2.45, 2.75) is 33.2 Å². The maximum atomic E-state index is 11.8. The Morgan fingerprint density at radius 1 is 1.43 bits per heavy atom. The van der Waals surface area contributed by atoms with E-state index in [2.05, 4.69) is 5.10 Å². The van der Waals surface area contributed by atoms with Gasteiger partial charge in [-0.15, -0.1) is 0 Å². The van der Waals surface area contributed by atoms with Crippen molar-refractivity contribution in [1.82, 2.24) is 9.78 Å². The first kappa shape index (κ1) is 10.7. The number of anilines is 1. The molecule has 0 bridgehead atoms. The van der Waals surface area contributed by atoms with Crippen LogP contribution in [0, 0.1) is 13.8 Å². The molecule has 0 radical (unpaired) electrons. The molecular weight excluding hydrogens is 180 g/mol. The highest BCUT2D eigenvalue weighted by atomic mass is 16.2. The summed E-state index contributed by atoms with van der Waals surface area (Å²) in [5.41, 5.74) is 12.3. The molecule has 78 valence electrons. The minimum absolute atomic E-state index is 0.255. The normalized spacial score (nSPS) is 11.8. The third kappa shape index (κ3) is 1.63. The fourth-order valence-corrected chi connectivity index (χ4v) is 1.13. The van der Waals surface area contributed by atoms with E-state index in [1.165, 1.54) is 4.68 Å². The number of carbonyl (C=O) groups is 1. The molecule has 0 saturated carbocycles. The summed E-state index contributed by atoms with van der Waals surface area (Å²) in [5, 5.41) is 4.04. The number of hydrogen-bond acceptors (Lipinski definition) is 4. The Morgan fingerprint density at radius 2 is 1.93 bits per heavy atom. The molecule has 0 aliphatic carbocycles. The zero-order valence-corrected chi connectivity index (χ0v) is 8.96. The first-order valence-corrected chi connectivity index (χ1v) is 4.40. The Bertz CT molecular complexity index is 373. The summed E-state index contributed by atoms with van der Waals surface area (Å²) < 4.78 is 1.27. The molecule has 0 amide bonds. The van der Waals surface area contributed by atoms with Crippen molar-refractivity contribution in [3.8, 4) is 0 Å². The summed E-state index contributed by atoms with van der Waals surface area (Å²) in [6, 6.07) is 0. The van der Waals surface area contributed by atoms with E-state index in [1.807, 2.05) is 0 Å². The Balaban J connectivity index is 3.22. The first-order valence-electron chi connectivity index (χ1n) is 4.40. The molecule has 14 heavy (non-hydrogen) atoms. The first-order chi connectivity index (χ1) is 6.25. The molecule has 0 atom stereocenters. The van der Waals surface area contributed by atoms with Gasteiger partial charge in [0, 0.05) is 0 Å². The standard InChI is InChI=1S/C9H16N4O/c1-5-7(10)6(2)13(12-5)8(14)9(3,4)11/h10-11H2,1-4H3. The predicted molar refractivity (Wildman–Crippen MR) is 55.0 cm³/mol. The third-order valence-corrected chi connectivity index (χ3v) is 2.09. The summed E-state index contributed by atoms with van der Waals surface area (Å²) in [5.74, 6) is -0.255. The van der Waals surface area contributed by atoms with E-state index in [0.29, 0.717) is 17.1 Å². The van der Waals surface area contributed by atoms with Crippen molar-refractivity contribution < 1.29 is 4.79 Å². The molecular formula is C9H16N4O. The number of aromatic nitrogens is 2. The lowest BCUT2D eigenvalue weighted by Gasteiger charge is -2.16. The molecule has 0 aromatic carbocycles. The highest BCUT2D eigenvalue weighted by molar-refractivity contribution is 5.88. The van der Waals surface area contributed by atoms with Crippen LogP contribution in [0.4, 0.5) is 5.69 Å². The largest absolute Gasteiger partial charge is 0.396 e. The average molecular weight is 196 g/mol. The number of nitrogens with zero attached hydrogens (tertiary/aromatic N) is 2. The fraction of sp³-hybridized carbons (Fsp3) is 0.556. The lowest BCUT2D eigenvalue weighted by Crippen LogP contribution is -2.45. The predicted octanol–water partition coefficient (Wildman–Crippen LogP) is 0.460. The number of nitrogen functional groups attached to an aromatic ring is 1. The van der Waals surface area contributed by atoms with Gasteiger partial charge in [0.15, 0.2) is 0 Å². The van der Waals surface area contributed by atoms with Crippen LogP contribution in [0.3, 0.4) is 0 Å². The quantitative estimate of drug-likeness (QED) is 0.683. The van der Waals surface area contributed by atoms with Gasteiger partial charge in [-0.2, -0.15) is 5.10 Å². The number of rotatable bonds is 1. The van der Waals surface area contributed by atoms with Gasteiger partial charge >= 0.3 is 0 Å². The second kappa shape index (κ2) is 3.09. The Hall–Kier alpha value is -1.36. The molecule has 1 heterocycles. The van der Waals surface area contributed by atoms with Gasteiger partial charge in [0.2, 0.25) is 0 Å². The Morgan fingerprint density at radius 3 is 2.21 bits per heavy atom. The molecule has 0 spiro atoms. The zero-order chi connectivity index (χ0) is 11.1. The van der Waals surface area contributed by atoms with Crippen molar-refractivity contribution in [2.24, 2.45) is 5.73 Å². The Labute approximate surface area is 83.1 Å². The SMILES string of the molecule is Cc1nn(C(=O)C(C)(C)N)c(C)c1N. The van der Waals surface area contributed by atoms with E-state index in [1.54, 1.807) is 27.7 Å². The summed E-state index contributed by atoms with van der Waals surface area (Å²) in [4.78, 5) is 11.8. The number of nitrogens with two attached hydrogens (primary N) is 2. The Kier molecular flexibility index (Phi) is 2.37. The van der Waals surface area contributed by atoms with Crippen LogP contribution in [0.2, 0.25) is 0 Å². The van der Waals surface area contributed by atoms with E-state index in [4.69, 9.17) is 11.5 Å². The number of hydrogen-bond donors (Lipinski definition) is 2. The van der Waals surface area contributed by atoms with E-state index in [-0.39, 0.29) is 5.91 Å². The molecule has 0 unspecified atom stereocenters. The molecule has 1 rings (SSSR count). The smallest absolute Gasteiger partial charge is 0.266 e. The van der Waals surface area contributed by atoms with Crippen LogP contribution in [-0.4, -0.2) is 21.2 Å². The minimum atomic E-state index is -0.935. The molecule has 0 aliphatic rings. The molecule has 0 aliphatic heterocycles. The van der Waals surface area contributed by atoms with Gasteiger partial charge in [-0.3, -0.25) is 4.79 Å². The molecule has 0 fully saturated rings. The summed E-state index contributed by atoms with van der Waals surface area (Å²) in [7, 11) is 0. The fourth-order valence-electron chi connectivity index (χ4n) is 1.13. The second-order valence-electron chi connectivity index (χ2n) is 4.02. The van der Waals surface area contributed by atoms with Gasteiger partial charge in [0.05, 0.1) is 22.6 Å². The van der Waals surface area contributed by atoms with Gasteiger partial charge in [-0.25, -0.2) is 4.68 Å². The summed E-state index contributed by atoms with van der Waals surface area (Å²) >= 11 is 0. The highest BCUT2D eigenvalue weighted by Gasteiger charge is 2.26. The van der Waals surface area contributed by atoms with Gasteiger partial charge in [0.1, 0.15) is 0 Å². The molecule has 1 aromatic heterocycles. The van der Waals surface area contributed by atoms with Gasteiger partial charge in [-0.1, -0.05) is 0 Å². The van der Waals surface area contributed by atoms with Crippen LogP contribution >= 0.6 is 0 Å². The van der Waals surface area contributed by atoms with Crippen molar-refractivity contribution in [3.05, 3.63) is 11.4 Å². The van der Waals surface area contributed by atoms with Crippen molar-refractivity contribution in [1.29, 1.82) is 0 Å². The van der Waals surface area contributed by atoms with Gasteiger partial charge < -0.3 is 11.5 Å². The van der Waals surface area contributed by atoms with Crippen LogP contribution in [0.5, 0.6) is 0 Å². The van der Waals surface area contributed by atoms with Crippen molar-refractivity contribution in [3.63, 3.8) is 0 Å². The molecule has 5 heteroatoms. The van der Waals surface area contributed by atoms with E-state index < -0.39 is 5.54 Å². The lowest BCUT2D eigenvalue weighted by atomic mass is 10.1. The van der Waals surface area contributed by atoms with Crippen LogP contribution in [0.25, 0.3) is 0 Å². The van der Waals surface area contributed by atoms with E-state index in [0.717, 1.165) is 0 Å². The van der Waals surface area contributed by atoms with E-state index in [9.17, 15) is 4.79 Å². The third-order valence-electron chi connectivity index (χ3n) is 2.09. The topological polar surface area (TPSA) is 86.9 Å². The van der Waals surface area contributed by atoms with Crippen LogP contribution < -0.4 is 11.5 Å². The molecule has 0 saturated heterocycles. The van der Waals surface area contributed by atoms with E-state index >= 15 is 0 Å². The summed E-state index contributed by atoms with van der Waals surface area (Å²) in [6.07, 6.45) is 0. The van der Waals surface area contributed by atoms with Crippen molar-refractivity contribution in [2.75, 3.05) is 5.73 Å². The lowest BCUT2D eigenvalue weighted by molar-refractivity contribution is 0.0807. The maximum Gasteiger partial charge on any atom is 0.266 e. The molecule has 4 N–H and O–H groups in total. The summed E-state index contributed by atoms with van der Waals surface area (Å²) in [6.45, 7) is 6.79. The van der Waals surface area contributed by atoms with Crippen LogP contribution in [-0.2, 0) is 0 Å². The van der Waals surface area contributed by atoms with Crippen LogP contribution in [0.15, 0.2) is 0 Å². The van der Waals surface area contributed by atoms with Gasteiger partial charge in [0.25, 0.3) is 5.91 Å². The zero-order valence-electron chi connectivity index (χ0n) is 8.96. The highest BCUT2D eigenvalue weighted by Crippen LogP contribution is 2.16. The number of carbonyl (C=O) groups excluding carboxylic acids is 1.